The summed E-state index contributed by atoms with van der Waals surface area (Å²) in [4.78, 5) is 10.9. The lowest BCUT2D eigenvalue weighted by Crippen LogP contribution is -2.06. The second-order valence-corrected chi connectivity index (χ2v) is 5.34. The van der Waals surface area contributed by atoms with Crippen molar-refractivity contribution in [2.45, 2.75) is 25.3 Å². The van der Waals surface area contributed by atoms with Gasteiger partial charge in [-0.15, -0.1) is 0 Å². The van der Waals surface area contributed by atoms with Gasteiger partial charge < -0.3 is 10.4 Å². The maximum atomic E-state index is 10.9. The molecule has 0 saturated heterocycles. The van der Waals surface area contributed by atoms with E-state index < -0.39 is 5.97 Å². The quantitative estimate of drug-likeness (QED) is 0.888. The van der Waals surface area contributed by atoms with Gasteiger partial charge in [0, 0.05) is 17.6 Å². The van der Waals surface area contributed by atoms with E-state index >= 15 is 0 Å². The Bertz CT molecular complexity index is 637. The molecule has 2 aromatic carbocycles. The molecule has 3 heteroatoms. The zero-order chi connectivity index (χ0) is 14.1. The number of aryl methyl sites for hydroxylation is 1. The highest BCUT2D eigenvalue weighted by atomic mass is 16.4. The van der Waals surface area contributed by atoms with E-state index in [-0.39, 0.29) is 0 Å². The van der Waals surface area contributed by atoms with Crippen LogP contribution in [0.3, 0.4) is 0 Å². The number of rotatable bonds is 4. The number of carboxylic acid groups (broad SMARTS) is 1. The maximum Gasteiger partial charge on any atom is 0.335 e. The van der Waals surface area contributed by atoms with E-state index in [0.29, 0.717) is 17.5 Å². The van der Waals surface area contributed by atoms with E-state index in [4.69, 9.17) is 5.11 Å². The van der Waals surface area contributed by atoms with Gasteiger partial charge in [0.2, 0.25) is 0 Å². The van der Waals surface area contributed by atoms with E-state index in [2.05, 4.69) is 29.6 Å². The van der Waals surface area contributed by atoms with Crippen LogP contribution in [0.5, 0.6) is 0 Å². The Morgan fingerprint density at radius 2 is 1.95 bits per heavy atom. The SMILES string of the molecule is Cc1cc(C(=O)O)ccc1NC1CC1c1ccccc1. The zero-order valence-corrected chi connectivity index (χ0v) is 11.3. The molecule has 0 spiro atoms. The minimum absolute atomic E-state index is 0.337. The molecule has 0 amide bonds. The fourth-order valence-electron chi connectivity index (χ4n) is 2.58. The molecule has 20 heavy (non-hydrogen) atoms. The average Bonchev–Trinajstić information content (AvgIpc) is 3.21. The first kappa shape index (κ1) is 12.7. The van der Waals surface area contributed by atoms with E-state index in [1.54, 1.807) is 12.1 Å². The lowest BCUT2D eigenvalue weighted by atomic mass is 10.1. The Hall–Kier alpha value is -2.29. The van der Waals surface area contributed by atoms with Crippen molar-refractivity contribution < 1.29 is 9.90 Å². The predicted octanol–water partition coefficient (Wildman–Crippen LogP) is 3.66. The van der Waals surface area contributed by atoms with E-state index in [0.717, 1.165) is 17.7 Å². The van der Waals surface area contributed by atoms with Crippen molar-refractivity contribution in [3.05, 3.63) is 65.2 Å². The van der Waals surface area contributed by atoms with Crippen LogP contribution in [0.15, 0.2) is 48.5 Å². The molecule has 2 unspecified atom stereocenters. The fourth-order valence-corrected chi connectivity index (χ4v) is 2.58. The predicted molar refractivity (Wildman–Crippen MR) is 79.3 cm³/mol. The van der Waals surface area contributed by atoms with Gasteiger partial charge in [-0.3, -0.25) is 0 Å². The Morgan fingerprint density at radius 3 is 2.60 bits per heavy atom. The van der Waals surface area contributed by atoms with Gasteiger partial charge in [0.05, 0.1) is 5.56 Å². The molecule has 3 rings (SSSR count). The molecule has 2 aromatic rings. The van der Waals surface area contributed by atoms with Crippen LogP contribution in [0.4, 0.5) is 5.69 Å². The smallest absolute Gasteiger partial charge is 0.335 e. The summed E-state index contributed by atoms with van der Waals surface area (Å²) in [6.45, 7) is 1.94. The molecule has 2 N–H and O–H groups in total. The minimum Gasteiger partial charge on any atom is -0.478 e. The second-order valence-electron chi connectivity index (χ2n) is 5.34. The first-order valence-corrected chi connectivity index (χ1v) is 6.80. The molecular formula is C17H17NO2. The molecule has 102 valence electrons. The van der Waals surface area contributed by atoms with Crippen molar-refractivity contribution in [1.82, 2.24) is 0 Å². The molecule has 2 atom stereocenters. The summed E-state index contributed by atoms with van der Waals surface area (Å²) >= 11 is 0. The Morgan fingerprint density at radius 1 is 1.20 bits per heavy atom. The third-order valence-corrected chi connectivity index (χ3v) is 3.83. The van der Waals surface area contributed by atoms with Crippen LogP contribution in [0.1, 0.15) is 33.8 Å². The molecule has 1 saturated carbocycles. The van der Waals surface area contributed by atoms with E-state index in [1.165, 1.54) is 5.56 Å². The first-order chi connectivity index (χ1) is 9.65. The third kappa shape index (κ3) is 2.52. The highest BCUT2D eigenvalue weighted by Gasteiger charge is 2.38. The average molecular weight is 267 g/mol. The van der Waals surface area contributed by atoms with Gasteiger partial charge in [0.25, 0.3) is 0 Å². The van der Waals surface area contributed by atoms with Crippen LogP contribution >= 0.6 is 0 Å². The van der Waals surface area contributed by atoms with Gasteiger partial charge in [-0.1, -0.05) is 30.3 Å². The van der Waals surface area contributed by atoms with Gasteiger partial charge >= 0.3 is 5.97 Å². The molecule has 0 bridgehead atoms. The lowest BCUT2D eigenvalue weighted by Gasteiger charge is -2.10. The van der Waals surface area contributed by atoms with Crippen molar-refractivity contribution in [2.24, 2.45) is 0 Å². The van der Waals surface area contributed by atoms with Crippen LogP contribution in [-0.2, 0) is 0 Å². The second kappa shape index (κ2) is 5.00. The molecule has 0 radical (unpaired) electrons. The number of nitrogens with one attached hydrogen (secondary N) is 1. The van der Waals surface area contributed by atoms with Gasteiger partial charge in [-0.2, -0.15) is 0 Å². The van der Waals surface area contributed by atoms with Gasteiger partial charge in [0.15, 0.2) is 0 Å². The number of carboxylic acids is 1. The molecule has 0 aliphatic heterocycles. The summed E-state index contributed by atoms with van der Waals surface area (Å²) in [7, 11) is 0. The summed E-state index contributed by atoms with van der Waals surface area (Å²) in [5, 5.41) is 12.5. The standard InChI is InChI=1S/C17H17NO2/c1-11-9-13(17(19)20)7-8-15(11)18-16-10-14(16)12-5-3-2-4-6-12/h2-9,14,16,18H,10H2,1H3,(H,19,20). The normalized spacial score (nSPS) is 20.4. The Labute approximate surface area is 118 Å². The molecular weight excluding hydrogens is 250 g/mol. The number of hydrogen-bond donors (Lipinski definition) is 2. The van der Waals surface area contributed by atoms with Crippen molar-refractivity contribution in [3.63, 3.8) is 0 Å². The number of carbonyl (C=O) groups is 1. The van der Waals surface area contributed by atoms with Gasteiger partial charge in [-0.25, -0.2) is 4.79 Å². The molecule has 1 aliphatic rings. The third-order valence-electron chi connectivity index (χ3n) is 3.83. The summed E-state index contributed by atoms with van der Waals surface area (Å²) in [5.41, 5.74) is 3.70. The van der Waals surface area contributed by atoms with Crippen LogP contribution in [0.25, 0.3) is 0 Å². The highest BCUT2D eigenvalue weighted by molar-refractivity contribution is 5.88. The monoisotopic (exact) mass is 267 g/mol. The van der Waals surface area contributed by atoms with E-state index in [1.807, 2.05) is 19.1 Å². The largest absolute Gasteiger partial charge is 0.478 e. The summed E-state index contributed by atoms with van der Waals surface area (Å²) in [6.07, 6.45) is 1.13. The summed E-state index contributed by atoms with van der Waals surface area (Å²) < 4.78 is 0. The Balaban J connectivity index is 1.70. The highest BCUT2D eigenvalue weighted by Crippen LogP contribution is 2.43. The van der Waals surface area contributed by atoms with Crippen LogP contribution < -0.4 is 5.32 Å². The minimum atomic E-state index is -0.881. The first-order valence-electron chi connectivity index (χ1n) is 6.80. The molecule has 1 fully saturated rings. The molecule has 3 nitrogen and oxygen atoms in total. The van der Waals surface area contributed by atoms with Crippen molar-refractivity contribution in [1.29, 1.82) is 0 Å². The van der Waals surface area contributed by atoms with Crippen LogP contribution in [-0.4, -0.2) is 17.1 Å². The summed E-state index contributed by atoms with van der Waals surface area (Å²) in [5.74, 6) is -0.317. The number of aromatic carboxylic acids is 1. The molecule has 0 heterocycles. The van der Waals surface area contributed by atoms with Crippen molar-refractivity contribution in [3.8, 4) is 0 Å². The lowest BCUT2D eigenvalue weighted by molar-refractivity contribution is 0.0697. The number of benzene rings is 2. The van der Waals surface area contributed by atoms with Crippen molar-refractivity contribution >= 4 is 11.7 Å². The van der Waals surface area contributed by atoms with Crippen LogP contribution in [0.2, 0.25) is 0 Å². The number of anilines is 1. The van der Waals surface area contributed by atoms with Crippen LogP contribution in [0, 0.1) is 6.92 Å². The van der Waals surface area contributed by atoms with E-state index in [9.17, 15) is 4.79 Å². The summed E-state index contributed by atoms with van der Waals surface area (Å²) in [6, 6.07) is 16.2. The maximum absolute atomic E-state index is 10.9. The topological polar surface area (TPSA) is 49.3 Å². The van der Waals surface area contributed by atoms with Gasteiger partial charge in [0.1, 0.15) is 0 Å². The van der Waals surface area contributed by atoms with Gasteiger partial charge in [-0.05, 0) is 42.7 Å². The number of hydrogen-bond acceptors (Lipinski definition) is 2. The van der Waals surface area contributed by atoms with Crippen molar-refractivity contribution in [2.75, 3.05) is 5.32 Å². The fraction of sp³-hybridized carbons (Fsp3) is 0.235. The molecule has 0 aromatic heterocycles. The Kier molecular flexibility index (Phi) is 3.18. The molecule has 1 aliphatic carbocycles. The zero-order valence-electron chi connectivity index (χ0n) is 11.3.